The Morgan fingerprint density at radius 2 is 1.97 bits per heavy atom. The molecule has 2 aliphatic rings. The Balaban J connectivity index is 1.23. The fraction of sp³-hybridized carbons (Fsp3) is 0.400. The monoisotopic (exact) mass is 498 g/mol. The van der Waals surface area contributed by atoms with Gasteiger partial charge >= 0.3 is 0 Å². The number of piperazine rings is 1. The summed E-state index contributed by atoms with van der Waals surface area (Å²) in [4.78, 5) is 36.6. The van der Waals surface area contributed by atoms with Crippen LogP contribution in [0.4, 0.5) is 10.8 Å². The number of carbonyl (C=O) groups is 2. The molecule has 2 aromatic carbocycles. The van der Waals surface area contributed by atoms with Gasteiger partial charge in [-0.2, -0.15) is 0 Å². The van der Waals surface area contributed by atoms with Crippen LogP contribution in [0.25, 0.3) is 10.2 Å². The molecule has 0 N–H and O–H groups in total. The SMILES string of the molecule is CCc1ccc2nc(N3CCN(C(=O)C4CC(=O)N(c5cc(Cl)ccc5OC)C4)CC3)sc2c1. The highest BCUT2D eigenvalue weighted by atomic mass is 35.5. The molecule has 9 heteroatoms. The molecule has 1 atom stereocenters. The number of benzene rings is 2. The minimum atomic E-state index is -0.363. The average molecular weight is 499 g/mol. The summed E-state index contributed by atoms with van der Waals surface area (Å²) in [6.07, 6.45) is 1.21. The van der Waals surface area contributed by atoms with Crippen LogP contribution in [0.15, 0.2) is 36.4 Å². The van der Waals surface area contributed by atoms with Gasteiger partial charge in [-0.25, -0.2) is 4.98 Å². The van der Waals surface area contributed by atoms with Crippen LogP contribution in [-0.2, 0) is 16.0 Å². The van der Waals surface area contributed by atoms with Crippen molar-refractivity contribution in [3.8, 4) is 5.75 Å². The number of halogens is 1. The lowest BCUT2D eigenvalue weighted by atomic mass is 10.1. The molecule has 34 heavy (non-hydrogen) atoms. The van der Waals surface area contributed by atoms with Crippen molar-refractivity contribution in [2.75, 3.05) is 49.6 Å². The van der Waals surface area contributed by atoms with E-state index in [4.69, 9.17) is 21.3 Å². The second-order valence-electron chi connectivity index (χ2n) is 8.69. The van der Waals surface area contributed by atoms with Gasteiger partial charge in [0.15, 0.2) is 5.13 Å². The lowest BCUT2D eigenvalue weighted by Gasteiger charge is -2.35. The van der Waals surface area contributed by atoms with E-state index < -0.39 is 0 Å². The quantitative estimate of drug-likeness (QED) is 0.527. The summed E-state index contributed by atoms with van der Waals surface area (Å²) >= 11 is 7.86. The zero-order valence-electron chi connectivity index (χ0n) is 19.3. The van der Waals surface area contributed by atoms with Crippen molar-refractivity contribution in [2.24, 2.45) is 5.92 Å². The first kappa shape index (κ1) is 22.9. The number of methoxy groups -OCH3 is 1. The van der Waals surface area contributed by atoms with E-state index in [1.54, 1.807) is 41.5 Å². The molecule has 1 unspecified atom stereocenters. The third kappa shape index (κ3) is 4.32. The lowest BCUT2D eigenvalue weighted by Crippen LogP contribution is -2.50. The van der Waals surface area contributed by atoms with Crippen LogP contribution in [0.5, 0.6) is 5.75 Å². The van der Waals surface area contributed by atoms with Gasteiger partial charge < -0.3 is 19.4 Å². The average Bonchev–Trinajstić information content (AvgIpc) is 3.46. The molecule has 2 fully saturated rings. The van der Waals surface area contributed by atoms with Gasteiger partial charge in [0, 0.05) is 44.2 Å². The first-order chi connectivity index (χ1) is 16.5. The number of aryl methyl sites for hydroxylation is 1. The molecule has 0 bridgehead atoms. The molecule has 0 spiro atoms. The van der Waals surface area contributed by atoms with Gasteiger partial charge in [-0.3, -0.25) is 9.59 Å². The Bertz CT molecular complexity index is 1240. The van der Waals surface area contributed by atoms with Gasteiger partial charge in [-0.15, -0.1) is 0 Å². The summed E-state index contributed by atoms with van der Waals surface area (Å²) < 4.78 is 6.61. The second-order valence-corrected chi connectivity index (χ2v) is 10.1. The maximum absolute atomic E-state index is 13.3. The van der Waals surface area contributed by atoms with E-state index in [0.717, 1.165) is 30.2 Å². The molecule has 7 nitrogen and oxygen atoms in total. The van der Waals surface area contributed by atoms with Gasteiger partial charge in [0.2, 0.25) is 11.8 Å². The van der Waals surface area contributed by atoms with Gasteiger partial charge in [0.1, 0.15) is 5.75 Å². The summed E-state index contributed by atoms with van der Waals surface area (Å²) in [5, 5.41) is 1.53. The molecular formula is C25H27ClN4O3S. The molecule has 3 heterocycles. The molecule has 0 saturated carbocycles. The Morgan fingerprint density at radius 1 is 1.18 bits per heavy atom. The molecule has 0 radical (unpaired) electrons. The molecule has 1 aromatic heterocycles. The molecule has 5 rings (SSSR count). The van der Waals surface area contributed by atoms with Crippen molar-refractivity contribution in [3.05, 3.63) is 47.0 Å². The van der Waals surface area contributed by atoms with Gasteiger partial charge in [0.25, 0.3) is 0 Å². The number of amides is 2. The number of thiazole rings is 1. The number of aromatic nitrogens is 1. The molecule has 3 aromatic rings. The van der Waals surface area contributed by atoms with Gasteiger partial charge in [-0.05, 0) is 42.3 Å². The fourth-order valence-corrected chi connectivity index (χ4v) is 5.92. The normalized spacial score (nSPS) is 18.7. The summed E-state index contributed by atoms with van der Waals surface area (Å²) in [7, 11) is 1.56. The van der Waals surface area contributed by atoms with Crippen molar-refractivity contribution in [1.82, 2.24) is 9.88 Å². The van der Waals surface area contributed by atoms with Crippen molar-refractivity contribution < 1.29 is 14.3 Å². The smallest absolute Gasteiger partial charge is 0.228 e. The summed E-state index contributed by atoms with van der Waals surface area (Å²) in [5.41, 5.74) is 2.95. The van der Waals surface area contributed by atoms with E-state index >= 15 is 0 Å². The highest BCUT2D eigenvalue weighted by Gasteiger charge is 2.39. The Hall–Kier alpha value is -2.84. The number of fused-ring (bicyclic) bond motifs is 1. The van der Waals surface area contributed by atoms with E-state index in [1.165, 1.54) is 10.3 Å². The number of hydrogen-bond donors (Lipinski definition) is 0. The van der Waals surface area contributed by atoms with Crippen LogP contribution < -0.4 is 14.5 Å². The topological polar surface area (TPSA) is 66.0 Å². The summed E-state index contributed by atoms with van der Waals surface area (Å²) in [6, 6.07) is 11.6. The van der Waals surface area contributed by atoms with Crippen LogP contribution in [0.1, 0.15) is 18.9 Å². The fourth-order valence-electron chi connectivity index (χ4n) is 4.67. The second kappa shape index (κ2) is 9.43. The molecule has 0 aliphatic carbocycles. The molecule has 2 amide bonds. The molecule has 2 saturated heterocycles. The van der Waals surface area contributed by atoms with Crippen LogP contribution in [0.2, 0.25) is 5.02 Å². The lowest BCUT2D eigenvalue weighted by molar-refractivity contribution is -0.136. The number of anilines is 2. The first-order valence-electron chi connectivity index (χ1n) is 11.5. The van der Waals surface area contributed by atoms with Crippen molar-refractivity contribution in [3.63, 3.8) is 0 Å². The highest BCUT2D eigenvalue weighted by molar-refractivity contribution is 7.22. The predicted molar refractivity (Wildman–Crippen MR) is 136 cm³/mol. The van der Waals surface area contributed by atoms with Crippen molar-refractivity contribution in [1.29, 1.82) is 0 Å². The number of rotatable bonds is 5. The third-order valence-electron chi connectivity index (χ3n) is 6.62. The van der Waals surface area contributed by atoms with Crippen LogP contribution in [-0.4, -0.2) is 61.5 Å². The van der Waals surface area contributed by atoms with Crippen LogP contribution in [0.3, 0.4) is 0 Å². The highest BCUT2D eigenvalue weighted by Crippen LogP contribution is 2.36. The molecule has 178 valence electrons. The minimum absolute atomic E-state index is 0.0355. The van der Waals surface area contributed by atoms with E-state index in [2.05, 4.69) is 30.0 Å². The van der Waals surface area contributed by atoms with Crippen molar-refractivity contribution >= 4 is 55.8 Å². The summed E-state index contributed by atoms with van der Waals surface area (Å²) in [6.45, 7) is 5.21. The molecular weight excluding hydrogens is 472 g/mol. The zero-order valence-corrected chi connectivity index (χ0v) is 20.9. The minimum Gasteiger partial charge on any atom is -0.495 e. The zero-order chi connectivity index (χ0) is 23.8. The molecule has 2 aliphatic heterocycles. The van der Waals surface area contributed by atoms with Crippen LogP contribution >= 0.6 is 22.9 Å². The van der Waals surface area contributed by atoms with Gasteiger partial charge in [0.05, 0.1) is 28.9 Å². The Labute approximate surface area is 207 Å². The predicted octanol–water partition coefficient (Wildman–Crippen LogP) is 4.22. The third-order valence-corrected chi connectivity index (χ3v) is 7.93. The van der Waals surface area contributed by atoms with E-state index in [9.17, 15) is 9.59 Å². The standard InChI is InChI=1S/C25H27ClN4O3S/c1-3-16-4-6-19-22(12-16)34-25(27-19)29-10-8-28(9-11-29)24(32)17-13-23(31)30(15-17)20-14-18(26)5-7-21(20)33-2/h4-7,12,14,17H,3,8-11,13,15H2,1-2H3. The van der Waals surface area contributed by atoms with Crippen LogP contribution in [0, 0.1) is 5.92 Å². The van der Waals surface area contributed by atoms with E-state index in [1.807, 2.05) is 4.90 Å². The maximum atomic E-state index is 13.3. The van der Waals surface area contributed by atoms with E-state index in [-0.39, 0.29) is 24.2 Å². The number of carbonyl (C=O) groups excluding carboxylic acids is 2. The Morgan fingerprint density at radius 3 is 2.71 bits per heavy atom. The largest absolute Gasteiger partial charge is 0.495 e. The van der Waals surface area contributed by atoms with Gasteiger partial charge in [-0.1, -0.05) is 35.9 Å². The number of nitrogens with zero attached hydrogens (tertiary/aromatic N) is 4. The number of hydrogen-bond acceptors (Lipinski definition) is 6. The number of ether oxygens (including phenoxy) is 1. The Kier molecular flexibility index (Phi) is 6.36. The summed E-state index contributed by atoms with van der Waals surface area (Å²) in [5.74, 6) is 0.158. The van der Waals surface area contributed by atoms with E-state index in [0.29, 0.717) is 36.1 Å². The first-order valence-corrected chi connectivity index (χ1v) is 12.7. The maximum Gasteiger partial charge on any atom is 0.228 e. The van der Waals surface area contributed by atoms with Crippen molar-refractivity contribution in [2.45, 2.75) is 19.8 Å².